The van der Waals surface area contributed by atoms with E-state index in [4.69, 9.17) is 0 Å². The number of halogens is 1. The molecule has 0 fully saturated rings. The highest BCUT2D eigenvalue weighted by Gasteiger charge is 2.19. The van der Waals surface area contributed by atoms with Gasteiger partial charge in [-0.3, -0.25) is 4.90 Å². The molecule has 0 amide bonds. The van der Waals surface area contributed by atoms with Gasteiger partial charge in [-0.15, -0.1) is 0 Å². The minimum absolute atomic E-state index is 0.283. The fourth-order valence-corrected chi connectivity index (χ4v) is 2.44. The van der Waals surface area contributed by atoms with Gasteiger partial charge < -0.3 is 0 Å². The molecule has 0 radical (unpaired) electrons. The Hall–Kier alpha value is -1.40. The summed E-state index contributed by atoms with van der Waals surface area (Å²) in [4.78, 5) is 2.32. The first-order valence-electron chi connectivity index (χ1n) is 6.87. The molecule has 1 aromatic carbocycles. The van der Waals surface area contributed by atoms with Crippen molar-refractivity contribution in [2.45, 2.75) is 52.1 Å². The average molecular weight is 262 g/mol. The largest absolute Gasteiger partial charge is 0.298 e. The topological polar surface area (TPSA) is 27.0 Å². The molecule has 0 unspecified atom stereocenters. The lowest BCUT2D eigenvalue weighted by Crippen LogP contribution is -2.38. The molecule has 1 rings (SSSR count). The Bertz CT molecular complexity index is 427. The van der Waals surface area contributed by atoms with Gasteiger partial charge in [-0.2, -0.15) is 5.26 Å². The molecular weight excluding hydrogens is 239 g/mol. The van der Waals surface area contributed by atoms with Crippen molar-refractivity contribution in [1.29, 1.82) is 5.26 Å². The van der Waals surface area contributed by atoms with Gasteiger partial charge >= 0.3 is 0 Å². The zero-order valence-electron chi connectivity index (χ0n) is 12.2. The molecule has 0 heterocycles. The minimum atomic E-state index is -0.374. The van der Waals surface area contributed by atoms with Crippen LogP contribution in [0.5, 0.6) is 0 Å². The molecule has 19 heavy (non-hydrogen) atoms. The van der Waals surface area contributed by atoms with E-state index >= 15 is 0 Å². The molecule has 1 atom stereocenters. The molecule has 0 saturated heterocycles. The van der Waals surface area contributed by atoms with Gasteiger partial charge in [0.25, 0.3) is 0 Å². The lowest BCUT2D eigenvalue weighted by molar-refractivity contribution is 0.171. The fourth-order valence-electron chi connectivity index (χ4n) is 2.44. The summed E-state index contributed by atoms with van der Waals surface area (Å²) in [6.07, 6.45) is 0.661. The van der Waals surface area contributed by atoms with Crippen LogP contribution in [0.3, 0.4) is 0 Å². The molecule has 0 spiro atoms. The zero-order valence-corrected chi connectivity index (χ0v) is 12.2. The number of nitrogens with zero attached hydrogens (tertiary/aromatic N) is 2. The molecule has 0 saturated carbocycles. The van der Waals surface area contributed by atoms with Crippen LogP contribution in [0.2, 0.25) is 0 Å². The summed E-state index contributed by atoms with van der Waals surface area (Å²) in [5.41, 5.74) is 0.512. The summed E-state index contributed by atoms with van der Waals surface area (Å²) in [6.45, 7) is 9.38. The van der Waals surface area contributed by atoms with Crippen LogP contribution < -0.4 is 0 Å². The molecule has 0 aliphatic rings. The highest BCUT2D eigenvalue weighted by Crippen LogP contribution is 2.23. The molecule has 3 heteroatoms. The van der Waals surface area contributed by atoms with Crippen molar-refractivity contribution in [3.63, 3.8) is 0 Å². The standard InChI is InChI=1S/C16H23FN2/c1-12(2)19(13(3)4)10-9-14(11-18)15-7-5-6-8-16(15)17/h5-8,12-14H,9-10H2,1-4H3/t14-/m0/s1. The van der Waals surface area contributed by atoms with Gasteiger partial charge in [0, 0.05) is 24.2 Å². The van der Waals surface area contributed by atoms with E-state index in [9.17, 15) is 9.65 Å². The number of nitriles is 1. The second-order valence-corrected chi connectivity index (χ2v) is 5.42. The SMILES string of the molecule is CC(C)N(CC[C@@H](C#N)c1ccccc1F)C(C)C. The first-order valence-corrected chi connectivity index (χ1v) is 6.87. The quantitative estimate of drug-likeness (QED) is 0.776. The Morgan fingerprint density at radius 1 is 1.16 bits per heavy atom. The minimum Gasteiger partial charge on any atom is -0.298 e. The number of benzene rings is 1. The summed E-state index contributed by atoms with van der Waals surface area (Å²) in [6, 6.07) is 9.65. The van der Waals surface area contributed by atoms with Crippen LogP contribution in [-0.4, -0.2) is 23.5 Å². The Balaban J connectivity index is 2.74. The van der Waals surface area contributed by atoms with Crippen molar-refractivity contribution in [3.05, 3.63) is 35.6 Å². The average Bonchev–Trinajstić information content (AvgIpc) is 2.35. The Morgan fingerprint density at radius 3 is 2.21 bits per heavy atom. The van der Waals surface area contributed by atoms with Crippen molar-refractivity contribution in [2.75, 3.05) is 6.54 Å². The lowest BCUT2D eigenvalue weighted by atomic mass is 9.96. The summed E-state index contributed by atoms with van der Waals surface area (Å²) >= 11 is 0. The second-order valence-electron chi connectivity index (χ2n) is 5.42. The van der Waals surface area contributed by atoms with Gasteiger partial charge in [-0.1, -0.05) is 18.2 Å². The first kappa shape index (κ1) is 15.7. The number of hydrogen-bond donors (Lipinski definition) is 0. The third kappa shape index (κ3) is 4.33. The molecule has 2 nitrogen and oxygen atoms in total. The molecular formula is C16H23FN2. The summed E-state index contributed by atoms with van der Waals surface area (Å²) in [5, 5.41) is 9.26. The third-order valence-corrected chi connectivity index (χ3v) is 3.44. The Morgan fingerprint density at radius 2 is 1.74 bits per heavy atom. The van der Waals surface area contributed by atoms with Crippen LogP contribution >= 0.6 is 0 Å². The van der Waals surface area contributed by atoms with Crippen LogP contribution in [0.4, 0.5) is 4.39 Å². The smallest absolute Gasteiger partial charge is 0.127 e. The van der Waals surface area contributed by atoms with Crippen molar-refractivity contribution in [2.24, 2.45) is 0 Å². The maximum absolute atomic E-state index is 13.7. The zero-order chi connectivity index (χ0) is 14.4. The Kier molecular flexibility index (Phi) is 5.98. The van der Waals surface area contributed by atoms with E-state index < -0.39 is 0 Å². The van der Waals surface area contributed by atoms with E-state index in [1.165, 1.54) is 6.07 Å². The second kappa shape index (κ2) is 7.25. The van der Waals surface area contributed by atoms with Crippen molar-refractivity contribution in [3.8, 4) is 6.07 Å². The van der Waals surface area contributed by atoms with Crippen molar-refractivity contribution >= 4 is 0 Å². The van der Waals surface area contributed by atoms with E-state index in [1.54, 1.807) is 18.2 Å². The third-order valence-electron chi connectivity index (χ3n) is 3.44. The van der Waals surface area contributed by atoms with Gasteiger partial charge in [0.15, 0.2) is 0 Å². The number of hydrogen-bond acceptors (Lipinski definition) is 2. The van der Waals surface area contributed by atoms with Crippen LogP contribution in [0, 0.1) is 17.1 Å². The van der Waals surface area contributed by atoms with Gasteiger partial charge in [-0.25, -0.2) is 4.39 Å². The fraction of sp³-hybridized carbons (Fsp3) is 0.562. The van der Waals surface area contributed by atoms with Gasteiger partial charge in [0.2, 0.25) is 0 Å². The van der Waals surface area contributed by atoms with Gasteiger partial charge in [0.05, 0.1) is 12.0 Å². The summed E-state index contributed by atoms with van der Waals surface area (Å²) in [7, 11) is 0. The van der Waals surface area contributed by atoms with Crippen LogP contribution in [0.1, 0.15) is 45.6 Å². The molecule has 1 aromatic rings. The van der Waals surface area contributed by atoms with E-state index in [1.807, 2.05) is 0 Å². The monoisotopic (exact) mass is 262 g/mol. The molecule has 0 aliphatic heterocycles. The van der Waals surface area contributed by atoms with Crippen molar-refractivity contribution < 1.29 is 4.39 Å². The van der Waals surface area contributed by atoms with Crippen LogP contribution in [0.25, 0.3) is 0 Å². The van der Waals surface area contributed by atoms with Crippen LogP contribution in [0.15, 0.2) is 24.3 Å². The van der Waals surface area contributed by atoms with E-state index in [0.717, 1.165) is 6.54 Å². The van der Waals surface area contributed by atoms with Gasteiger partial charge in [-0.05, 0) is 40.2 Å². The predicted molar refractivity (Wildman–Crippen MR) is 76.3 cm³/mol. The number of rotatable bonds is 6. The van der Waals surface area contributed by atoms with E-state index in [2.05, 4.69) is 38.7 Å². The van der Waals surface area contributed by atoms with Gasteiger partial charge in [0.1, 0.15) is 5.82 Å². The summed E-state index contributed by atoms with van der Waals surface area (Å²) in [5.74, 6) is -0.657. The van der Waals surface area contributed by atoms with E-state index in [0.29, 0.717) is 24.1 Å². The Labute approximate surface area is 115 Å². The lowest BCUT2D eigenvalue weighted by Gasteiger charge is -2.31. The highest BCUT2D eigenvalue weighted by molar-refractivity contribution is 5.26. The van der Waals surface area contributed by atoms with Crippen molar-refractivity contribution in [1.82, 2.24) is 4.90 Å². The molecule has 0 aromatic heterocycles. The molecule has 0 N–H and O–H groups in total. The predicted octanol–water partition coefficient (Wildman–Crippen LogP) is 3.94. The molecule has 0 bridgehead atoms. The summed E-state index contributed by atoms with van der Waals surface area (Å²) < 4.78 is 13.7. The van der Waals surface area contributed by atoms with Crippen LogP contribution in [-0.2, 0) is 0 Å². The molecule has 0 aliphatic carbocycles. The maximum atomic E-state index is 13.7. The molecule has 104 valence electrons. The first-order chi connectivity index (χ1) is 8.97. The van der Waals surface area contributed by atoms with E-state index in [-0.39, 0.29) is 11.7 Å². The normalized spacial score (nSPS) is 13.0. The maximum Gasteiger partial charge on any atom is 0.127 e. The highest BCUT2D eigenvalue weighted by atomic mass is 19.1.